The lowest BCUT2D eigenvalue weighted by Crippen LogP contribution is -2.35. The molecule has 0 radical (unpaired) electrons. The van der Waals surface area contributed by atoms with Crippen molar-refractivity contribution in [2.24, 2.45) is 5.73 Å². The number of carbonyl (C=O) groups is 1. The first-order valence-electron chi connectivity index (χ1n) is 5.75. The molecule has 1 heterocycles. The maximum Gasteiger partial charge on any atom is 0.243 e. The molecule has 0 saturated heterocycles. The Morgan fingerprint density at radius 1 is 1.62 bits per heavy atom. The maximum atomic E-state index is 11.7. The van der Waals surface area contributed by atoms with Crippen LogP contribution in [0.1, 0.15) is 36.8 Å². The average molecular weight is 239 g/mol. The zero-order valence-electron chi connectivity index (χ0n) is 9.45. The largest absolute Gasteiger partial charge is 0.320 e. The third kappa shape index (κ3) is 2.41. The van der Waals surface area contributed by atoms with Crippen LogP contribution in [0.25, 0.3) is 0 Å². The highest BCUT2D eigenvalue weighted by atomic mass is 32.1. The van der Waals surface area contributed by atoms with Crippen LogP contribution in [0.15, 0.2) is 0 Å². The second-order valence-corrected chi connectivity index (χ2v) is 5.21. The zero-order chi connectivity index (χ0) is 11.5. The number of amides is 1. The molecule has 0 aliphatic heterocycles. The van der Waals surface area contributed by atoms with Gasteiger partial charge in [0.25, 0.3) is 0 Å². The van der Waals surface area contributed by atoms with E-state index in [1.807, 2.05) is 6.92 Å². The first-order valence-corrected chi connectivity index (χ1v) is 6.57. The SMILES string of the molecule is CCC[C@H](N)C(=O)Nc1nc2c(s1)CCC2. The molecule has 88 valence electrons. The Kier molecular flexibility index (Phi) is 3.56. The molecule has 0 bridgehead atoms. The van der Waals surface area contributed by atoms with Gasteiger partial charge in [-0.3, -0.25) is 4.79 Å². The summed E-state index contributed by atoms with van der Waals surface area (Å²) >= 11 is 1.59. The minimum Gasteiger partial charge on any atom is -0.320 e. The molecule has 5 heteroatoms. The summed E-state index contributed by atoms with van der Waals surface area (Å²) in [6, 6.07) is -0.413. The van der Waals surface area contributed by atoms with Crippen molar-refractivity contribution in [1.29, 1.82) is 0 Å². The minimum atomic E-state index is -0.413. The van der Waals surface area contributed by atoms with Crippen molar-refractivity contribution < 1.29 is 4.79 Å². The fourth-order valence-corrected chi connectivity index (χ4v) is 2.94. The summed E-state index contributed by atoms with van der Waals surface area (Å²) in [4.78, 5) is 17.4. The first-order chi connectivity index (χ1) is 7.70. The fraction of sp³-hybridized carbons (Fsp3) is 0.636. The Bertz CT molecular complexity index is 367. The fourth-order valence-electron chi connectivity index (χ4n) is 1.88. The molecule has 0 saturated carbocycles. The van der Waals surface area contributed by atoms with E-state index in [9.17, 15) is 4.79 Å². The number of anilines is 1. The molecule has 0 aromatic carbocycles. The monoisotopic (exact) mass is 239 g/mol. The van der Waals surface area contributed by atoms with Crippen LogP contribution in [-0.4, -0.2) is 16.9 Å². The Labute approximate surface area is 99.3 Å². The summed E-state index contributed by atoms with van der Waals surface area (Å²) in [6.45, 7) is 2.02. The van der Waals surface area contributed by atoms with Crippen molar-refractivity contribution >= 4 is 22.4 Å². The Hall–Kier alpha value is -0.940. The van der Waals surface area contributed by atoms with E-state index in [2.05, 4.69) is 10.3 Å². The van der Waals surface area contributed by atoms with Gasteiger partial charge in [-0.25, -0.2) is 4.98 Å². The molecule has 4 nitrogen and oxygen atoms in total. The number of aromatic nitrogens is 1. The minimum absolute atomic E-state index is 0.116. The summed E-state index contributed by atoms with van der Waals surface area (Å²) in [7, 11) is 0. The van der Waals surface area contributed by atoms with E-state index in [1.165, 1.54) is 11.3 Å². The Morgan fingerprint density at radius 3 is 3.12 bits per heavy atom. The molecule has 1 aliphatic rings. The lowest BCUT2D eigenvalue weighted by Gasteiger charge is -2.08. The number of fused-ring (bicyclic) bond motifs is 1. The van der Waals surface area contributed by atoms with Gasteiger partial charge in [-0.15, -0.1) is 11.3 Å². The number of hydrogen-bond donors (Lipinski definition) is 2. The summed E-state index contributed by atoms with van der Waals surface area (Å²) in [5.74, 6) is -0.116. The van der Waals surface area contributed by atoms with Crippen LogP contribution in [0.4, 0.5) is 5.13 Å². The zero-order valence-corrected chi connectivity index (χ0v) is 10.3. The second kappa shape index (κ2) is 4.93. The molecule has 0 fully saturated rings. The van der Waals surface area contributed by atoms with Crippen LogP contribution < -0.4 is 11.1 Å². The highest BCUT2D eigenvalue weighted by Crippen LogP contribution is 2.30. The number of thiazole rings is 1. The molecule has 1 atom stereocenters. The summed E-state index contributed by atoms with van der Waals surface area (Å²) in [5, 5.41) is 3.51. The lowest BCUT2D eigenvalue weighted by atomic mass is 10.2. The van der Waals surface area contributed by atoms with E-state index in [1.54, 1.807) is 11.3 Å². The van der Waals surface area contributed by atoms with Crippen LogP contribution in [-0.2, 0) is 17.6 Å². The van der Waals surface area contributed by atoms with Crippen molar-refractivity contribution in [1.82, 2.24) is 4.98 Å². The molecular formula is C11H17N3OS. The predicted octanol–water partition coefficient (Wildman–Crippen LogP) is 1.70. The third-order valence-electron chi connectivity index (χ3n) is 2.76. The normalized spacial score (nSPS) is 15.9. The van der Waals surface area contributed by atoms with Gasteiger partial charge in [0.15, 0.2) is 5.13 Å². The standard InChI is InChI=1S/C11H17N3OS/c1-2-4-7(12)10(15)14-11-13-8-5-3-6-9(8)16-11/h7H,2-6,12H2,1H3,(H,13,14,15)/t7-/m0/s1. The topological polar surface area (TPSA) is 68.0 Å². The molecule has 2 rings (SSSR count). The molecular weight excluding hydrogens is 222 g/mol. The van der Waals surface area contributed by atoms with Gasteiger partial charge in [-0.05, 0) is 25.7 Å². The quantitative estimate of drug-likeness (QED) is 0.840. The number of rotatable bonds is 4. The first kappa shape index (κ1) is 11.5. The van der Waals surface area contributed by atoms with E-state index >= 15 is 0 Å². The molecule has 0 spiro atoms. The summed E-state index contributed by atoms with van der Waals surface area (Å²) in [5.41, 5.74) is 6.89. The van der Waals surface area contributed by atoms with Gasteiger partial charge in [0.05, 0.1) is 11.7 Å². The smallest absolute Gasteiger partial charge is 0.243 e. The van der Waals surface area contributed by atoms with Gasteiger partial charge < -0.3 is 11.1 Å². The van der Waals surface area contributed by atoms with Crippen molar-refractivity contribution in [3.63, 3.8) is 0 Å². The van der Waals surface area contributed by atoms with Gasteiger partial charge in [-0.2, -0.15) is 0 Å². The molecule has 1 aromatic heterocycles. The number of nitrogens with one attached hydrogen (secondary N) is 1. The summed E-state index contributed by atoms with van der Waals surface area (Å²) in [6.07, 6.45) is 4.98. The van der Waals surface area contributed by atoms with E-state index in [4.69, 9.17) is 5.73 Å². The van der Waals surface area contributed by atoms with Crippen molar-refractivity contribution in [3.05, 3.63) is 10.6 Å². The molecule has 16 heavy (non-hydrogen) atoms. The van der Waals surface area contributed by atoms with Gasteiger partial charge >= 0.3 is 0 Å². The molecule has 1 aliphatic carbocycles. The number of nitrogens with two attached hydrogens (primary N) is 1. The second-order valence-electron chi connectivity index (χ2n) is 4.13. The molecule has 1 amide bonds. The van der Waals surface area contributed by atoms with Crippen molar-refractivity contribution in [2.75, 3.05) is 5.32 Å². The van der Waals surface area contributed by atoms with Gasteiger partial charge in [0.2, 0.25) is 5.91 Å². The van der Waals surface area contributed by atoms with Crippen LogP contribution in [0.2, 0.25) is 0 Å². The molecule has 0 unspecified atom stereocenters. The lowest BCUT2D eigenvalue weighted by molar-refractivity contribution is -0.117. The number of carbonyl (C=O) groups excluding carboxylic acids is 1. The van der Waals surface area contributed by atoms with Crippen LogP contribution in [0.3, 0.4) is 0 Å². The highest BCUT2D eigenvalue weighted by Gasteiger charge is 2.19. The van der Waals surface area contributed by atoms with Gasteiger partial charge in [0.1, 0.15) is 0 Å². The summed E-state index contributed by atoms with van der Waals surface area (Å²) < 4.78 is 0. The maximum absolute atomic E-state index is 11.7. The van der Waals surface area contributed by atoms with Crippen LogP contribution in [0.5, 0.6) is 0 Å². The molecule has 1 aromatic rings. The highest BCUT2D eigenvalue weighted by molar-refractivity contribution is 7.15. The number of nitrogens with zero attached hydrogens (tertiary/aromatic N) is 1. The van der Waals surface area contributed by atoms with Gasteiger partial charge in [-0.1, -0.05) is 13.3 Å². The van der Waals surface area contributed by atoms with Crippen LogP contribution >= 0.6 is 11.3 Å². The molecule has 3 N–H and O–H groups in total. The number of hydrogen-bond acceptors (Lipinski definition) is 4. The average Bonchev–Trinajstić information content (AvgIpc) is 2.78. The number of aryl methyl sites for hydroxylation is 2. The van der Waals surface area contributed by atoms with Crippen molar-refractivity contribution in [3.8, 4) is 0 Å². The predicted molar refractivity (Wildman–Crippen MR) is 65.7 cm³/mol. The Balaban J connectivity index is 1.96. The van der Waals surface area contributed by atoms with Crippen molar-refractivity contribution in [2.45, 2.75) is 45.1 Å². The van der Waals surface area contributed by atoms with E-state index in [0.29, 0.717) is 5.13 Å². The van der Waals surface area contributed by atoms with E-state index < -0.39 is 6.04 Å². The third-order valence-corrected chi connectivity index (χ3v) is 3.84. The van der Waals surface area contributed by atoms with Crippen LogP contribution in [0, 0.1) is 0 Å². The van der Waals surface area contributed by atoms with E-state index in [0.717, 1.165) is 31.4 Å². The van der Waals surface area contributed by atoms with Gasteiger partial charge in [0, 0.05) is 4.88 Å². The van der Waals surface area contributed by atoms with E-state index in [-0.39, 0.29) is 5.91 Å². The Morgan fingerprint density at radius 2 is 2.44 bits per heavy atom.